The van der Waals surface area contributed by atoms with E-state index in [1.165, 1.54) is 37.4 Å². The van der Waals surface area contributed by atoms with Crippen molar-refractivity contribution in [2.45, 2.75) is 77.3 Å². The van der Waals surface area contributed by atoms with Crippen molar-refractivity contribution in [3.8, 4) is 11.1 Å². The van der Waals surface area contributed by atoms with E-state index in [0.717, 1.165) is 53.5 Å². The fourth-order valence-corrected chi connectivity index (χ4v) is 4.88. The summed E-state index contributed by atoms with van der Waals surface area (Å²) in [5, 5.41) is 6.44. The van der Waals surface area contributed by atoms with Crippen LogP contribution < -0.4 is 10.6 Å². The second kappa shape index (κ2) is 9.67. The molecule has 0 radical (unpaired) electrons. The summed E-state index contributed by atoms with van der Waals surface area (Å²) in [4.78, 5) is 12.2. The van der Waals surface area contributed by atoms with Gasteiger partial charge in [0, 0.05) is 17.8 Å². The molecule has 2 aliphatic rings. The highest BCUT2D eigenvalue weighted by atomic mass is 19.1. The lowest BCUT2D eigenvalue weighted by Crippen LogP contribution is -2.32. The zero-order valence-electron chi connectivity index (χ0n) is 18.6. The minimum absolute atomic E-state index is 0.114. The highest BCUT2D eigenvalue weighted by Crippen LogP contribution is 2.30. The van der Waals surface area contributed by atoms with Crippen LogP contribution in [0.5, 0.6) is 0 Å². The van der Waals surface area contributed by atoms with Gasteiger partial charge in [-0.2, -0.15) is 0 Å². The molecule has 0 bridgehead atoms. The Morgan fingerprint density at radius 1 is 0.903 bits per heavy atom. The molecule has 4 rings (SSSR count). The van der Waals surface area contributed by atoms with Gasteiger partial charge in [-0.15, -0.1) is 0 Å². The van der Waals surface area contributed by atoms with E-state index in [-0.39, 0.29) is 6.04 Å². The van der Waals surface area contributed by atoms with E-state index in [4.69, 9.17) is 0 Å². The lowest BCUT2D eigenvalue weighted by molar-refractivity contribution is -0.119. The van der Waals surface area contributed by atoms with Crippen molar-refractivity contribution in [1.29, 1.82) is 0 Å². The molecule has 2 saturated carbocycles. The Kier molecular flexibility index (Phi) is 6.74. The molecule has 2 fully saturated rings. The van der Waals surface area contributed by atoms with Gasteiger partial charge in [0.05, 0.1) is 0 Å². The summed E-state index contributed by atoms with van der Waals surface area (Å²) in [5.74, 6) is -1.32. The predicted octanol–water partition coefficient (Wildman–Crippen LogP) is 6.69. The number of hydrogen-bond acceptors (Lipinski definition) is 2. The van der Waals surface area contributed by atoms with Crippen LogP contribution in [-0.2, 0) is 4.79 Å². The molecule has 31 heavy (non-hydrogen) atoms. The second-order valence-corrected chi connectivity index (χ2v) is 9.17. The first-order valence-corrected chi connectivity index (χ1v) is 11.7. The fraction of sp³-hybridized carbons (Fsp3) is 0.444. The van der Waals surface area contributed by atoms with Gasteiger partial charge in [-0.05, 0) is 85.6 Å². The number of rotatable bonds is 6. The van der Waals surface area contributed by atoms with Crippen LogP contribution in [0, 0.1) is 13.8 Å². The van der Waals surface area contributed by atoms with Gasteiger partial charge >= 0.3 is 0 Å². The third-order valence-electron chi connectivity index (χ3n) is 6.72. The van der Waals surface area contributed by atoms with Crippen LogP contribution in [-0.4, -0.2) is 18.0 Å². The highest BCUT2D eigenvalue weighted by Gasteiger charge is 2.19. The average Bonchev–Trinajstić information content (AvgIpc) is 3.45. The number of halogens is 1. The minimum Gasteiger partial charge on any atom is -0.382 e. The van der Waals surface area contributed by atoms with Crippen molar-refractivity contribution in [3.63, 3.8) is 0 Å². The van der Waals surface area contributed by atoms with Crippen LogP contribution in [0.4, 0.5) is 10.1 Å². The van der Waals surface area contributed by atoms with Gasteiger partial charge in [0.2, 0.25) is 0 Å². The minimum atomic E-state index is -0.718. The standard InChI is InChI=1S/C27H33FN2O/c1-18-16-25(20-11-13-24(14-12-20)29-22-7-3-4-8-22)19(2)15-21(18)17-26(28)27(31)30-23-9-5-6-10-23/h11-17,22-23,29H,3-10H2,1-2H3,(H,30,31)/b26-17-. The highest BCUT2D eigenvalue weighted by molar-refractivity contribution is 5.96. The Hall–Kier alpha value is -2.62. The lowest BCUT2D eigenvalue weighted by atomic mass is 9.94. The molecule has 0 spiro atoms. The Bertz CT molecular complexity index is 952. The molecule has 3 nitrogen and oxygen atoms in total. The third-order valence-corrected chi connectivity index (χ3v) is 6.72. The molecule has 4 heteroatoms. The maximum Gasteiger partial charge on any atom is 0.280 e. The summed E-state index contributed by atoms with van der Waals surface area (Å²) in [5.41, 5.74) is 6.22. The zero-order valence-corrected chi connectivity index (χ0v) is 18.6. The molecule has 0 aromatic heterocycles. The van der Waals surface area contributed by atoms with Gasteiger partial charge in [0.1, 0.15) is 0 Å². The van der Waals surface area contributed by atoms with E-state index in [1.54, 1.807) is 0 Å². The summed E-state index contributed by atoms with van der Waals surface area (Å²) in [6, 6.07) is 13.3. The van der Waals surface area contributed by atoms with Gasteiger partial charge in [-0.25, -0.2) is 4.39 Å². The van der Waals surface area contributed by atoms with E-state index in [2.05, 4.69) is 41.0 Å². The number of carbonyl (C=O) groups excluding carboxylic acids is 1. The number of hydrogen-bond donors (Lipinski definition) is 2. The van der Waals surface area contributed by atoms with Crippen LogP contribution in [0.15, 0.2) is 42.2 Å². The maximum atomic E-state index is 14.5. The normalized spacial score (nSPS) is 17.8. The number of benzene rings is 2. The van der Waals surface area contributed by atoms with Crippen molar-refractivity contribution in [2.24, 2.45) is 0 Å². The molecular weight excluding hydrogens is 387 g/mol. The van der Waals surface area contributed by atoms with Gasteiger partial charge in [-0.3, -0.25) is 4.79 Å². The molecule has 164 valence electrons. The first-order chi connectivity index (χ1) is 15.0. The van der Waals surface area contributed by atoms with Crippen LogP contribution >= 0.6 is 0 Å². The molecule has 2 aliphatic carbocycles. The Morgan fingerprint density at radius 3 is 2.16 bits per heavy atom. The number of amides is 1. The molecule has 0 saturated heterocycles. The third kappa shape index (κ3) is 5.36. The van der Waals surface area contributed by atoms with Gasteiger partial charge in [0.15, 0.2) is 5.83 Å². The zero-order chi connectivity index (χ0) is 21.8. The topological polar surface area (TPSA) is 41.1 Å². The van der Waals surface area contributed by atoms with Gasteiger partial charge in [0.25, 0.3) is 5.91 Å². The van der Waals surface area contributed by atoms with Crippen molar-refractivity contribution >= 4 is 17.7 Å². The monoisotopic (exact) mass is 420 g/mol. The summed E-state index contributed by atoms with van der Waals surface area (Å²) in [6.07, 6.45) is 10.6. The van der Waals surface area contributed by atoms with Crippen LogP contribution in [0.2, 0.25) is 0 Å². The predicted molar refractivity (Wildman–Crippen MR) is 127 cm³/mol. The van der Waals surface area contributed by atoms with Crippen molar-refractivity contribution in [3.05, 3.63) is 58.9 Å². The van der Waals surface area contributed by atoms with Crippen LogP contribution in [0.3, 0.4) is 0 Å². The first-order valence-electron chi connectivity index (χ1n) is 11.7. The van der Waals surface area contributed by atoms with Crippen molar-refractivity contribution in [2.75, 3.05) is 5.32 Å². The smallest absolute Gasteiger partial charge is 0.280 e. The largest absolute Gasteiger partial charge is 0.382 e. The Balaban J connectivity index is 1.48. The number of aryl methyl sites for hydroxylation is 2. The van der Waals surface area contributed by atoms with Crippen molar-refractivity contribution in [1.82, 2.24) is 5.32 Å². The molecule has 2 N–H and O–H groups in total. The van der Waals surface area contributed by atoms with Crippen LogP contribution in [0.1, 0.15) is 68.1 Å². The second-order valence-electron chi connectivity index (χ2n) is 9.17. The Labute approximate surface area is 185 Å². The number of anilines is 1. The summed E-state index contributed by atoms with van der Waals surface area (Å²) in [6.45, 7) is 4.00. The van der Waals surface area contributed by atoms with Crippen LogP contribution in [0.25, 0.3) is 17.2 Å². The lowest BCUT2D eigenvalue weighted by Gasteiger charge is -2.15. The molecule has 0 aliphatic heterocycles. The van der Waals surface area contributed by atoms with Gasteiger partial charge < -0.3 is 10.6 Å². The summed E-state index contributed by atoms with van der Waals surface area (Å²) < 4.78 is 14.5. The summed E-state index contributed by atoms with van der Waals surface area (Å²) in [7, 11) is 0. The quantitative estimate of drug-likeness (QED) is 0.511. The molecule has 2 aromatic carbocycles. The van der Waals surface area contributed by atoms with E-state index >= 15 is 0 Å². The summed E-state index contributed by atoms with van der Waals surface area (Å²) >= 11 is 0. The molecule has 0 unspecified atom stereocenters. The molecule has 1 amide bonds. The fourth-order valence-electron chi connectivity index (χ4n) is 4.88. The average molecular weight is 421 g/mol. The van der Waals surface area contributed by atoms with E-state index < -0.39 is 11.7 Å². The molecule has 2 aromatic rings. The SMILES string of the molecule is Cc1cc(-c2ccc(NC3CCCC3)cc2)c(C)cc1/C=C(\F)C(=O)NC1CCCC1. The number of nitrogens with one attached hydrogen (secondary N) is 2. The van der Waals surface area contributed by atoms with Gasteiger partial charge in [-0.1, -0.05) is 49.9 Å². The molecule has 0 atom stereocenters. The van der Waals surface area contributed by atoms with Crippen molar-refractivity contribution < 1.29 is 9.18 Å². The Morgan fingerprint density at radius 2 is 1.52 bits per heavy atom. The number of carbonyl (C=O) groups is 1. The molecule has 0 heterocycles. The molecular formula is C27H33FN2O. The van der Waals surface area contributed by atoms with E-state index in [0.29, 0.717) is 6.04 Å². The maximum absolute atomic E-state index is 14.5. The van der Waals surface area contributed by atoms with E-state index in [1.807, 2.05) is 19.9 Å². The van der Waals surface area contributed by atoms with E-state index in [9.17, 15) is 9.18 Å². The first kappa shape index (κ1) is 21.6.